The van der Waals surface area contributed by atoms with Gasteiger partial charge in [0, 0.05) is 12.6 Å². The van der Waals surface area contributed by atoms with Crippen LogP contribution in [0.3, 0.4) is 0 Å². The third-order valence-corrected chi connectivity index (χ3v) is 2.73. The highest BCUT2D eigenvalue weighted by atomic mass is 16.5. The second kappa shape index (κ2) is 7.02. The molecule has 0 saturated heterocycles. The van der Waals surface area contributed by atoms with E-state index in [2.05, 4.69) is 25.2 Å². The molecule has 0 aromatic heterocycles. The topological polar surface area (TPSA) is 21.3 Å². The molecule has 0 fully saturated rings. The van der Waals surface area contributed by atoms with Crippen molar-refractivity contribution in [2.75, 3.05) is 19.8 Å². The number of nitrogens with one attached hydrogen (secondary N) is 1. The normalized spacial score (nSPS) is 19.1. The molecule has 1 aliphatic rings. The van der Waals surface area contributed by atoms with Crippen molar-refractivity contribution in [3.8, 4) is 0 Å². The standard InChI is InChI=1S/C12H23NO/c1-3-6-12(4-2)13-9-11-7-5-8-14-10-11/h7,12-13H,3-6,8-10H2,1-2H3. The van der Waals surface area contributed by atoms with Gasteiger partial charge in [-0.05, 0) is 24.8 Å². The highest BCUT2D eigenvalue weighted by molar-refractivity contribution is 5.06. The molecule has 0 bridgehead atoms. The van der Waals surface area contributed by atoms with Gasteiger partial charge in [-0.15, -0.1) is 0 Å². The SMILES string of the molecule is CCCC(CC)NCC1=CCCOC1. The van der Waals surface area contributed by atoms with Crippen molar-refractivity contribution in [1.82, 2.24) is 5.32 Å². The second-order valence-electron chi connectivity index (χ2n) is 3.98. The van der Waals surface area contributed by atoms with Crippen LogP contribution in [0.1, 0.15) is 39.5 Å². The van der Waals surface area contributed by atoms with E-state index in [1.807, 2.05) is 0 Å². The van der Waals surface area contributed by atoms with Crippen LogP contribution in [0.15, 0.2) is 11.6 Å². The van der Waals surface area contributed by atoms with Crippen molar-refractivity contribution in [3.05, 3.63) is 11.6 Å². The second-order valence-corrected chi connectivity index (χ2v) is 3.98. The van der Waals surface area contributed by atoms with Crippen LogP contribution in [0, 0.1) is 0 Å². The number of rotatable bonds is 6. The minimum atomic E-state index is 0.683. The van der Waals surface area contributed by atoms with E-state index in [1.54, 1.807) is 0 Å². The molecule has 1 heterocycles. The molecule has 0 radical (unpaired) electrons. The van der Waals surface area contributed by atoms with E-state index in [0.29, 0.717) is 6.04 Å². The van der Waals surface area contributed by atoms with Crippen molar-refractivity contribution in [2.45, 2.75) is 45.6 Å². The smallest absolute Gasteiger partial charge is 0.0689 e. The number of hydrogen-bond acceptors (Lipinski definition) is 2. The fraction of sp³-hybridized carbons (Fsp3) is 0.833. The first-order valence-electron chi connectivity index (χ1n) is 5.85. The Labute approximate surface area is 87.7 Å². The lowest BCUT2D eigenvalue weighted by Gasteiger charge is -2.19. The molecule has 0 aliphatic carbocycles. The van der Waals surface area contributed by atoms with E-state index in [1.165, 1.54) is 24.8 Å². The molecule has 82 valence electrons. The molecule has 0 spiro atoms. The van der Waals surface area contributed by atoms with Crippen LogP contribution in [0.25, 0.3) is 0 Å². The largest absolute Gasteiger partial charge is 0.377 e. The quantitative estimate of drug-likeness (QED) is 0.661. The molecule has 0 saturated carbocycles. The monoisotopic (exact) mass is 197 g/mol. The average Bonchev–Trinajstić information content (AvgIpc) is 2.25. The Morgan fingerprint density at radius 1 is 1.50 bits per heavy atom. The fourth-order valence-electron chi connectivity index (χ4n) is 1.81. The molecule has 0 aromatic carbocycles. The summed E-state index contributed by atoms with van der Waals surface area (Å²) in [5, 5.41) is 3.59. The van der Waals surface area contributed by atoms with E-state index in [-0.39, 0.29) is 0 Å². The van der Waals surface area contributed by atoms with Crippen LogP contribution >= 0.6 is 0 Å². The lowest BCUT2D eigenvalue weighted by Crippen LogP contribution is -2.31. The summed E-state index contributed by atoms with van der Waals surface area (Å²) in [5.74, 6) is 0. The number of ether oxygens (including phenoxy) is 1. The van der Waals surface area contributed by atoms with Gasteiger partial charge in [0.05, 0.1) is 13.2 Å². The lowest BCUT2D eigenvalue weighted by molar-refractivity contribution is 0.148. The minimum absolute atomic E-state index is 0.683. The van der Waals surface area contributed by atoms with E-state index in [0.717, 1.165) is 26.2 Å². The van der Waals surface area contributed by atoms with Gasteiger partial charge in [-0.1, -0.05) is 26.3 Å². The maximum atomic E-state index is 5.40. The van der Waals surface area contributed by atoms with Crippen molar-refractivity contribution in [1.29, 1.82) is 0 Å². The molecule has 1 aliphatic heterocycles. The lowest BCUT2D eigenvalue weighted by atomic mass is 10.1. The van der Waals surface area contributed by atoms with Crippen molar-refractivity contribution >= 4 is 0 Å². The van der Waals surface area contributed by atoms with Crippen LogP contribution in [0.5, 0.6) is 0 Å². The Bertz CT molecular complexity index is 177. The van der Waals surface area contributed by atoms with E-state index in [4.69, 9.17) is 4.74 Å². The number of hydrogen-bond donors (Lipinski definition) is 1. The molecule has 2 nitrogen and oxygen atoms in total. The Balaban J connectivity index is 2.19. The fourth-order valence-corrected chi connectivity index (χ4v) is 1.81. The Hall–Kier alpha value is -0.340. The van der Waals surface area contributed by atoms with Crippen LogP contribution in [0.4, 0.5) is 0 Å². The molecular formula is C12H23NO. The summed E-state index contributed by atoms with van der Waals surface area (Å²) in [5.41, 5.74) is 1.42. The van der Waals surface area contributed by atoms with Gasteiger partial charge in [-0.2, -0.15) is 0 Å². The molecular weight excluding hydrogens is 174 g/mol. The van der Waals surface area contributed by atoms with Crippen LogP contribution in [-0.2, 0) is 4.74 Å². The minimum Gasteiger partial charge on any atom is -0.377 e. The maximum Gasteiger partial charge on any atom is 0.0689 e. The highest BCUT2D eigenvalue weighted by Crippen LogP contribution is 2.06. The molecule has 1 N–H and O–H groups in total. The van der Waals surface area contributed by atoms with Crippen LogP contribution in [-0.4, -0.2) is 25.8 Å². The van der Waals surface area contributed by atoms with E-state index in [9.17, 15) is 0 Å². The predicted molar refractivity (Wildman–Crippen MR) is 60.5 cm³/mol. The maximum absolute atomic E-state index is 5.40. The third-order valence-electron chi connectivity index (χ3n) is 2.73. The van der Waals surface area contributed by atoms with Crippen molar-refractivity contribution in [2.24, 2.45) is 0 Å². The van der Waals surface area contributed by atoms with Gasteiger partial charge in [0.2, 0.25) is 0 Å². The first-order chi connectivity index (χ1) is 6.86. The van der Waals surface area contributed by atoms with Crippen LogP contribution in [0.2, 0.25) is 0 Å². The average molecular weight is 197 g/mol. The van der Waals surface area contributed by atoms with Gasteiger partial charge in [-0.3, -0.25) is 0 Å². The van der Waals surface area contributed by atoms with Crippen molar-refractivity contribution in [3.63, 3.8) is 0 Å². The Morgan fingerprint density at radius 3 is 2.93 bits per heavy atom. The highest BCUT2D eigenvalue weighted by Gasteiger charge is 2.07. The molecule has 1 rings (SSSR count). The molecule has 0 amide bonds. The van der Waals surface area contributed by atoms with Gasteiger partial charge < -0.3 is 10.1 Å². The summed E-state index contributed by atoms with van der Waals surface area (Å²) >= 11 is 0. The van der Waals surface area contributed by atoms with Gasteiger partial charge in [-0.25, -0.2) is 0 Å². The zero-order valence-electron chi connectivity index (χ0n) is 9.51. The third kappa shape index (κ3) is 4.25. The molecule has 0 aromatic rings. The van der Waals surface area contributed by atoms with Gasteiger partial charge in [0.15, 0.2) is 0 Å². The zero-order valence-corrected chi connectivity index (χ0v) is 9.51. The van der Waals surface area contributed by atoms with Gasteiger partial charge >= 0.3 is 0 Å². The molecule has 1 unspecified atom stereocenters. The Kier molecular flexibility index (Phi) is 5.88. The van der Waals surface area contributed by atoms with Gasteiger partial charge in [0.25, 0.3) is 0 Å². The van der Waals surface area contributed by atoms with Gasteiger partial charge in [0.1, 0.15) is 0 Å². The molecule has 2 heteroatoms. The summed E-state index contributed by atoms with van der Waals surface area (Å²) < 4.78 is 5.40. The first kappa shape index (κ1) is 11.7. The molecule has 1 atom stereocenters. The van der Waals surface area contributed by atoms with E-state index >= 15 is 0 Å². The predicted octanol–water partition coefficient (Wildman–Crippen LogP) is 2.50. The summed E-state index contributed by atoms with van der Waals surface area (Å²) in [6.07, 6.45) is 7.17. The summed E-state index contributed by atoms with van der Waals surface area (Å²) in [7, 11) is 0. The van der Waals surface area contributed by atoms with E-state index < -0.39 is 0 Å². The Morgan fingerprint density at radius 2 is 2.36 bits per heavy atom. The zero-order chi connectivity index (χ0) is 10.2. The molecule has 14 heavy (non-hydrogen) atoms. The summed E-state index contributed by atoms with van der Waals surface area (Å²) in [6.45, 7) is 7.23. The summed E-state index contributed by atoms with van der Waals surface area (Å²) in [6, 6.07) is 0.683. The van der Waals surface area contributed by atoms with Crippen LogP contribution < -0.4 is 5.32 Å². The van der Waals surface area contributed by atoms with Crippen molar-refractivity contribution < 1.29 is 4.74 Å². The first-order valence-corrected chi connectivity index (χ1v) is 5.85. The summed E-state index contributed by atoms with van der Waals surface area (Å²) in [4.78, 5) is 0.